The van der Waals surface area contributed by atoms with E-state index in [0.29, 0.717) is 15.7 Å². The van der Waals surface area contributed by atoms with Crippen LogP contribution in [0.2, 0.25) is 10.0 Å². The zero-order valence-electron chi connectivity index (χ0n) is 11.2. The number of nitrogens with one attached hydrogen (secondary N) is 1. The molecule has 0 saturated carbocycles. The molecule has 3 nitrogen and oxygen atoms in total. The van der Waals surface area contributed by atoms with E-state index in [9.17, 15) is 4.79 Å². The fourth-order valence-electron chi connectivity index (χ4n) is 1.97. The highest BCUT2D eigenvalue weighted by Crippen LogP contribution is 2.26. The van der Waals surface area contributed by atoms with E-state index in [1.807, 2.05) is 29.6 Å². The van der Waals surface area contributed by atoms with Crippen molar-refractivity contribution in [1.29, 1.82) is 0 Å². The van der Waals surface area contributed by atoms with E-state index in [-0.39, 0.29) is 11.5 Å². The number of aromatic nitrogens is 1. The fraction of sp³-hybridized carbons (Fsp3) is 0. The number of benzene rings is 2. The zero-order valence-corrected chi connectivity index (χ0v) is 13.5. The Bertz CT molecular complexity index is 781. The number of carbonyl (C=O) groups is 1. The number of carbonyl (C=O) groups excluding carboxylic acids is 1. The Hall–Kier alpha value is -1.88. The van der Waals surface area contributed by atoms with Gasteiger partial charge in [0.25, 0.3) is 5.91 Å². The van der Waals surface area contributed by atoms with Gasteiger partial charge in [0.1, 0.15) is 5.01 Å². The van der Waals surface area contributed by atoms with Gasteiger partial charge in [-0.1, -0.05) is 29.3 Å². The highest BCUT2D eigenvalue weighted by Gasteiger charge is 2.14. The molecule has 110 valence electrons. The summed E-state index contributed by atoms with van der Waals surface area (Å²) in [6.07, 6.45) is 1.76. The van der Waals surface area contributed by atoms with Gasteiger partial charge < -0.3 is 5.32 Å². The first-order valence-electron chi connectivity index (χ1n) is 6.40. The molecule has 1 N–H and O–H groups in total. The molecule has 22 heavy (non-hydrogen) atoms. The normalized spacial score (nSPS) is 10.5. The number of anilines is 1. The SMILES string of the molecule is O=C(Nc1ccc(-c2nccs2)cc1)c1c(Cl)cccc1Cl. The smallest absolute Gasteiger partial charge is 0.258 e. The van der Waals surface area contributed by atoms with Crippen molar-refractivity contribution in [1.82, 2.24) is 4.98 Å². The minimum absolute atomic E-state index is 0.273. The summed E-state index contributed by atoms with van der Waals surface area (Å²) in [5.41, 5.74) is 1.94. The Labute approximate surface area is 141 Å². The van der Waals surface area contributed by atoms with Crippen LogP contribution in [-0.4, -0.2) is 10.9 Å². The first kappa shape index (κ1) is 15.0. The van der Waals surface area contributed by atoms with Crippen LogP contribution in [0.15, 0.2) is 54.0 Å². The molecule has 0 aliphatic heterocycles. The first-order chi connectivity index (χ1) is 10.6. The van der Waals surface area contributed by atoms with Gasteiger partial charge in [-0.2, -0.15) is 0 Å². The predicted octanol–water partition coefficient (Wildman–Crippen LogP) is 5.37. The Kier molecular flexibility index (Phi) is 4.43. The molecule has 1 aromatic heterocycles. The van der Waals surface area contributed by atoms with E-state index in [0.717, 1.165) is 10.6 Å². The largest absolute Gasteiger partial charge is 0.322 e. The van der Waals surface area contributed by atoms with E-state index < -0.39 is 0 Å². The summed E-state index contributed by atoms with van der Waals surface area (Å²) in [5, 5.41) is 6.29. The summed E-state index contributed by atoms with van der Waals surface area (Å²) in [6.45, 7) is 0. The lowest BCUT2D eigenvalue weighted by atomic mass is 10.2. The summed E-state index contributed by atoms with van der Waals surface area (Å²) >= 11 is 13.6. The van der Waals surface area contributed by atoms with Crippen molar-refractivity contribution >= 4 is 46.1 Å². The summed E-state index contributed by atoms with van der Waals surface area (Å²) in [5.74, 6) is -0.336. The van der Waals surface area contributed by atoms with Gasteiger partial charge in [0.2, 0.25) is 0 Å². The molecular weight excluding hydrogens is 339 g/mol. The van der Waals surface area contributed by atoms with Gasteiger partial charge in [0.15, 0.2) is 0 Å². The maximum atomic E-state index is 12.3. The highest BCUT2D eigenvalue weighted by molar-refractivity contribution is 7.13. The molecule has 0 bridgehead atoms. The van der Waals surface area contributed by atoms with Gasteiger partial charge in [-0.15, -0.1) is 11.3 Å². The van der Waals surface area contributed by atoms with E-state index >= 15 is 0 Å². The van der Waals surface area contributed by atoms with Crippen LogP contribution in [0.25, 0.3) is 10.6 Å². The highest BCUT2D eigenvalue weighted by atomic mass is 35.5. The van der Waals surface area contributed by atoms with Crippen molar-refractivity contribution < 1.29 is 4.79 Å². The van der Waals surface area contributed by atoms with Gasteiger partial charge in [-0.3, -0.25) is 4.79 Å². The molecule has 3 aromatic rings. The summed E-state index contributed by atoms with van der Waals surface area (Å²) in [6, 6.07) is 12.4. The van der Waals surface area contributed by atoms with Crippen LogP contribution in [0.5, 0.6) is 0 Å². The molecule has 0 saturated heterocycles. The van der Waals surface area contributed by atoms with E-state index in [4.69, 9.17) is 23.2 Å². The average molecular weight is 349 g/mol. The molecule has 0 aliphatic carbocycles. The lowest BCUT2D eigenvalue weighted by Gasteiger charge is -2.08. The molecule has 3 rings (SSSR count). The van der Waals surface area contributed by atoms with E-state index in [1.165, 1.54) is 0 Å². The minimum Gasteiger partial charge on any atom is -0.322 e. The van der Waals surface area contributed by atoms with Crippen LogP contribution in [0.3, 0.4) is 0 Å². The standard InChI is InChI=1S/C16H10Cl2N2OS/c17-12-2-1-3-13(18)14(12)15(21)20-11-6-4-10(5-7-11)16-19-8-9-22-16/h1-9H,(H,20,21). The molecule has 0 atom stereocenters. The minimum atomic E-state index is -0.336. The fourth-order valence-corrected chi connectivity index (χ4v) is 3.18. The number of halogens is 2. The Balaban J connectivity index is 1.80. The molecule has 1 amide bonds. The number of hydrogen-bond donors (Lipinski definition) is 1. The molecule has 2 aromatic carbocycles. The molecule has 0 unspecified atom stereocenters. The van der Waals surface area contributed by atoms with Crippen molar-refractivity contribution in [3.63, 3.8) is 0 Å². The maximum Gasteiger partial charge on any atom is 0.258 e. The summed E-state index contributed by atoms with van der Waals surface area (Å²) in [4.78, 5) is 16.5. The third-order valence-electron chi connectivity index (χ3n) is 3.01. The van der Waals surface area contributed by atoms with Gasteiger partial charge >= 0.3 is 0 Å². The van der Waals surface area contributed by atoms with Crippen LogP contribution in [0.4, 0.5) is 5.69 Å². The second kappa shape index (κ2) is 6.48. The molecule has 0 radical (unpaired) electrons. The zero-order chi connectivity index (χ0) is 15.5. The molecule has 0 fully saturated rings. The Morgan fingerprint density at radius 2 is 1.73 bits per heavy atom. The van der Waals surface area contributed by atoms with Crippen LogP contribution >= 0.6 is 34.5 Å². The van der Waals surface area contributed by atoms with Crippen LogP contribution in [-0.2, 0) is 0 Å². The Morgan fingerprint density at radius 1 is 1.05 bits per heavy atom. The lowest BCUT2D eigenvalue weighted by Crippen LogP contribution is -2.13. The van der Waals surface area contributed by atoms with Crippen molar-refractivity contribution in [3.05, 3.63) is 69.7 Å². The number of rotatable bonds is 3. The average Bonchev–Trinajstić information content (AvgIpc) is 3.02. The molecule has 1 heterocycles. The molecule has 6 heteroatoms. The summed E-state index contributed by atoms with van der Waals surface area (Å²) < 4.78 is 0. The summed E-state index contributed by atoms with van der Waals surface area (Å²) in [7, 11) is 0. The van der Waals surface area contributed by atoms with Crippen molar-refractivity contribution in [2.45, 2.75) is 0 Å². The van der Waals surface area contributed by atoms with Crippen LogP contribution in [0, 0.1) is 0 Å². The van der Waals surface area contributed by atoms with Gasteiger partial charge in [0, 0.05) is 22.8 Å². The number of hydrogen-bond acceptors (Lipinski definition) is 3. The second-order valence-electron chi connectivity index (χ2n) is 4.47. The quantitative estimate of drug-likeness (QED) is 0.691. The van der Waals surface area contributed by atoms with Crippen LogP contribution < -0.4 is 5.32 Å². The van der Waals surface area contributed by atoms with Crippen molar-refractivity contribution in [2.24, 2.45) is 0 Å². The number of thiazole rings is 1. The van der Waals surface area contributed by atoms with E-state index in [2.05, 4.69) is 10.3 Å². The first-order valence-corrected chi connectivity index (χ1v) is 8.04. The third kappa shape index (κ3) is 3.14. The second-order valence-corrected chi connectivity index (χ2v) is 6.17. The van der Waals surface area contributed by atoms with Gasteiger partial charge in [0.05, 0.1) is 15.6 Å². The number of amides is 1. The monoisotopic (exact) mass is 348 g/mol. The topological polar surface area (TPSA) is 42.0 Å². The van der Waals surface area contributed by atoms with Crippen molar-refractivity contribution in [2.75, 3.05) is 5.32 Å². The lowest BCUT2D eigenvalue weighted by molar-refractivity contribution is 0.102. The van der Waals surface area contributed by atoms with E-state index in [1.54, 1.807) is 35.7 Å². The van der Waals surface area contributed by atoms with Crippen molar-refractivity contribution in [3.8, 4) is 10.6 Å². The molecule has 0 aliphatic rings. The molecule has 0 spiro atoms. The van der Waals surface area contributed by atoms with Gasteiger partial charge in [-0.25, -0.2) is 4.98 Å². The third-order valence-corrected chi connectivity index (χ3v) is 4.46. The van der Waals surface area contributed by atoms with Crippen LogP contribution in [0.1, 0.15) is 10.4 Å². The van der Waals surface area contributed by atoms with Gasteiger partial charge in [-0.05, 0) is 36.4 Å². The predicted molar refractivity (Wildman–Crippen MR) is 92.0 cm³/mol. The Morgan fingerprint density at radius 3 is 2.32 bits per heavy atom. The maximum absolute atomic E-state index is 12.3. The molecular formula is C16H10Cl2N2OS. The number of nitrogens with zero attached hydrogens (tertiary/aromatic N) is 1.